The van der Waals surface area contributed by atoms with E-state index in [1.54, 1.807) is 56.3 Å². The summed E-state index contributed by atoms with van der Waals surface area (Å²) in [4.78, 5) is 43.4. The SMILES string of the molecule is CCOC(=O)C1=C(C)N=c2s/c(=C\c3ccc(OCc4ccc(C(=O)O)cc4)cc3)c(=O)n2C1c1cc(OC)c(OC)c(OC)c1. The van der Waals surface area contributed by atoms with Gasteiger partial charge in [-0.25, -0.2) is 14.6 Å². The number of fused-ring (bicyclic) bond motifs is 1. The molecule has 12 heteroatoms. The first-order chi connectivity index (χ1) is 22.2. The number of rotatable bonds is 11. The summed E-state index contributed by atoms with van der Waals surface area (Å²) >= 11 is 1.21. The van der Waals surface area contributed by atoms with Gasteiger partial charge >= 0.3 is 11.9 Å². The number of hydrogen-bond donors (Lipinski definition) is 1. The number of carboxylic acids is 1. The standard InChI is InChI=1S/C34H32N2O9S/c1-6-44-33(40)28-19(2)35-34-36(29(28)23-16-25(41-3)30(43-5)26(17-23)42-4)31(37)27(46-34)15-20-9-13-24(14-10-20)45-18-21-7-11-22(12-8-21)32(38)39/h7-17,29H,6,18H2,1-5H3,(H,38,39)/b27-15-. The average molecular weight is 645 g/mol. The molecule has 0 fully saturated rings. The second-order valence-electron chi connectivity index (χ2n) is 10.1. The first-order valence-electron chi connectivity index (χ1n) is 14.2. The molecule has 2 heterocycles. The van der Waals surface area contributed by atoms with Crippen molar-refractivity contribution in [1.29, 1.82) is 0 Å². The Balaban J connectivity index is 1.51. The Morgan fingerprint density at radius 1 is 0.978 bits per heavy atom. The van der Waals surface area contributed by atoms with Crippen molar-refractivity contribution in [3.63, 3.8) is 0 Å². The molecule has 1 unspecified atom stereocenters. The number of carboxylic acid groups (broad SMARTS) is 1. The number of aromatic nitrogens is 1. The van der Waals surface area contributed by atoms with Gasteiger partial charge in [-0.15, -0.1) is 0 Å². The van der Waals surface area contributed by atoms with E-state index in [1.807, 2.05) is 12.1 Å². The second-order valence-corrected chi connectivity index (χ2v) is 11.1. The summed E-state index contributed by atoms with van der Waals surface area (Å²) in [6.45, 7) is 3.85. The summed E-state index contributed by atoms with van der Waals surface area (Å²) in [7, 11) is 4.49. The first kappa shape index (κ1) is 32.0. The number of thiazole rings is 1. The number of carbonyl (C=O) groups excluding carboxylic acids is 1. The molecule has 11 nitrogen and oxygen atoms in total. The number of carbonyl (C=O) groups is 2. The van der Waals surface area contributed by atoms with Gasteiger partial charge in [-0.1, -0.05) is 35.6 Å². The lowest BCUT2D eigenvalue weighted by Gasteiger charge is -2.26. The van der Waals surface area contributed by atoms with Crippen LogP contribution in [0.1, 0.15) is 46.9 Å². The number of allylic oxidation sites excluding steroid dienone is 1. The van der Waals surface area contributed by atoms with Crippen molar-refractivity contribution in [2.75, 3.05) is 27.9 Å². The highest BCUT2D eigenvalue weighted by Gasteiger charge is 2.34. The van der Waals surface area contributed by atoms with E-state index in [-0.39, 0.29) is 29.9 Å². The van der Waals surface area contributed by atoms with E-state index in [1.165, 1.54) is 49.4 Å². The summed E-state index contributed by atoms with van der Waals surface area (Å²) in [5.74, 6) is 0.167. The second kappa shape index (κ2) is 13.7. The van der Waals surface area contributed by atoms with Gasteiger partial charge in [-0.05, 0) is 73.0 Å². The maximum absolute atomic E-state index is 14.0. The molecule has 1 aromatic heterocycles. The molecule has 46 heavy (non-hydrogen) atoms. The van der Waals surface area contributed by atoms with Crippen LogP contribution in [0.5, 0.6) is 23.0 Å². The molecular weight excluding hydrogens is 612 g/mol. The van der Waals surface area contributed by atoms with Crippen LogP contribution in [-0.2, 0) is 16.1 Å². The summed E-state index contributed by atoms with van der Waals surface area (Å²) in [5, 5.41) is 9.07. The smallest absolute Gasteiger partial charge is 0.338 e. The topological polar surface area (TPSA) is 135 Å². The third-order valence-electron chi connectivity index (χ3n) is 7.30. The highest BCUT2D eigenvalue weighted by molar-refractivity contribution is 7.07. The van der Waals surface area contributed by atoms with Crippen molar-refractivity contribution in [3.05, 3.63) is 114 Å². The predicted octanol–water partition coefficient (Wildman–Crippen LogP) is 4.10. The quantitative estimate of drug-likeness (QED) is 0.240. The third kappa shape index (κ3) is 6.38. The lowest BCUT2D eigenvalue weighted by molar-refractivity contribution is -0.139. The predicted molar refractivity (Wildman–Crippen MR) is 171 cm³/mol. The molecule has 0 saturated carbocycles. The number of nitrogens with zero attached hydrogens (tertiary/aromatic N) is 2. The minimum absolute atomic E-state index is 0.152. The number of ether oxygens (including phenoxy) is 5. The molecule has 0 spiro atoms. The van der Waals surface area contributed by atoms with Crippen molar-refractivity contribution in [1.82, 2.24) is 4.57 Å². The molecule has 3 aromatic carbocycles. The van der Waals surface area contributed by atoms with Gasteiger partial charge in [-0.2, -0.15) is 0 Å². The molecule has 238 valence electrons. The monoisotopic (exact) mass is 644 g/mol. The van der Waals surface area contributed by atoms with E-state index in [2.05, 4.69) is 4.99 Å². The Morgan fingerprint density at radius 3 is 2.20 bits per heavy atom. The summed E-state index contributed by atoms with van der Waals surface area (Å²) in [6, 6.07) is 16.3. The zero-order chi connectivity index (χ0) is 33.0. The fourth-order valence-corrected chi connectivity index (χ4v) is 6.13. The number of esters is 1. The van der Waals surface area contributed by atoms with Crippen molar-refractivity contribution >= 4 is 29.4 Å². The maximum Gasteiger partial charge on any atom is 0.338 e. The summed E-state index contributed by atoms with van der Waals surface area (Å²) in [6.07, 6.45) is 1.76. The van der Waals surface area contributed by atoms with Crippen LogP contribution in [0.15, 0.2) is 81.7 Å². The number of hydrogen-bond acceptors (Lipinski definition) is 10. The van der Waals surface area contributed by atoms with Crippen molar-refractivity contribution in [2.45, 2.75) is 26.5 Å². The Bertz CT molecular complexity index is 1970. The Hall–Kier alpha value is -5.36. The Morgan fingerprint density at radius 2 is 1.63 bits per heavy atom. The van der Waals surface area contributed by atoms with Crippen LogP contribution in [0.2, 0.25) is 0 Å². The molecule has 0 aliphatic carbocycles. The molecule has 0 amide bonds. The molecule has 0 saturated heterocycles. The minimum Gasteiger partial charge on any atom is -0.493 e. The van der Waals surface area contributed by atoms with Crippen LogP contribution < -0.4 is 33.8 Å². The van der Waals surface area contributed by atoms with Gasteiger partial charge in [0.15, 0.2) is 16.3 Å². The van der Waals surface area contributed by atoms with Gasteiger partial charge < -0.3 is 28.8 Å². The van der Waals surface area contributed by atoms with Crippen LogP contribution >= 0.6 is 11.3 Å². The highest BCUT2D eigenvalue weighted by atomic mass is 32.1. The van der Waals surface area contributed by atoms with E-state index < -0.39 is 18.0 Å². The van der Waals surface area contributed by atoms with E-state index in [0.29, 0.717) is 43.6 Å². The van der Waals surface area contributed by atoms with E-state index in [9.17, 15) is 14.4 Å². The van der Waals surface area contributed by atoms with Crippen LogP contribution in [0, 0.1) is 0 Å². The van der Waals surface area contributed by atoms with Gasteiger partial charge in [0.2, 0.25) is 5.75 Å². The number of benzene rings is 3. The molecule has 4 aromatic rings. The molecule has 1 aliphatic rings. The highest BCUT2D eigenvalue weighted by Crippen LogP contribution is 2.42. The van der Waals surface area contributed by atoms with Crippen molar-refractivity contribution in [3.8, 4) is 23.0 Å². The van der Waals surface area contributed by atoms with Gasteiger partial charge in [0.25, 0.3) is 5.56 Å². The summed E-state index contributed by atoms with van der Waals surface area (Å²) < 4.78 is 29.8. The maximum atomic E-state index is 14.0. The fourth-order valence-electron chi connectivity index (χ4n) is 5.09. The Kier molecular flexibility index (Phi) is 9.57. The van der Waals surface area contributed by atoms with Gasteiger partial charge in [0.05, 0.1) is 55.3 Å². The minimum atomic E-state index is -0.984. The molecule has 1 aliphatic heterocycles. The van der Waals surface area contributed by atoms with E-state index >= 15 is 0 Å². The van der Waals surface area contributed by atoms with Crippen LogP contribution in [0.3, 0.4) is 0 Å². The van der Waals surface area contributed by atoms with Crippen molar-refractivity contribution in [2.24, 2.45) is 4.99 Å². The van der Waals surface area contributed by atoms with Gasteiger partial charge in [-0.3, -0.25) is 9.36 Å². The van der Waals surface area contributed by atoms with Crippen LogP contribution in [-0.4, -0.2) is 49.5 Å². The van der Waals surface area contributed by atoms with Crippen LogP contribution in [0.4, 0.5) is 0 Å². The van der Waals surface area contributed by atoms with E-state index in [0.717, 1.165) is 11.1 Å². The normalized spacial score (nSPS) is 14.3. The molecule has 0 bridgehead atoms. The average Bonchev–Trinajstić information content (AvgIpc) is 3.36. The summed E-state index contributed by atoms with van der Waals surface area (Å²) in [5.41, 5.74) is 2.68. The zero-order valence-corrected chi connectivity index (χ0v) is 26.7. The first-order valence-corrected chi connectivity index (χ1v) is 15.0. The van der Waals surface area contributed by atoms with Crippen molar-refractivity contribution < 1.29 is 38.4 Å². The lowest BCUT2D eigenvalue weighted by Crippen LogP contribution is -2.40. The fraction of sp³-hybridized carbons (Fsp3) is 0.235. The van der Waals surface area contributed by atoms with Gasteiger partial charge in [0.1, 0.15) is 12.4 Å². The Labute approximate surface area is 268 Å². The van der Waals surface area contributed by atoms with Gasteiger partial charge in [0, 0.05) is 0 Å². The lowest BCUT2D eigenvalue weighted by atomic mass is 9.95. The van der Waals surface area contributed by atoms with E-state index in [4.69, 9.17) is 28.8 Å². The largest absolute Gasteiger partial charge is 0.493 e. The van der Waals surface area contributed by atoms with Crippen LogP contribution in [0.25, 0.3) is 6.08 Å². The zero-order valence-electron chi connectivity index (χ0n) is 25.9. The molecule has 5 rings (SSSR count). The molecule has 1 N–H and O–H groups in total. The number of aromatic carboxylic acids is 1. The molecule has 1 atom stereocenters. The molecular formula is C34H32N2O9S. The molecule has 0 radical (unpaired) electrons. The number of methoxy groups -OCH3 is 3. The third-order valence-corrected chi connectivity index (χ3v) is 8.29.